The van der Waals surface area contributed by atoms with E-state index in [-0.39, 0.29) is 10.8 Å². The summed E-state index contributed by atoms with van der Waals surface area (Å²) in [6.07, 6.45) is 0. The van der Waals surface area contributed by atoms with Crippen LogP contribution in [0.2, 0.25) is 0 Å². The lowest BCUT2D eigenvalue weighted by molar-refractivity contribution is 0.590. The minimum absolute atomic E-state index is 0.106. The Morgan fingerprint density at radius 2 is 0.526 bits per heavy atom. The zero-order valence-corrected chi connectivity index (χ0v) is 55.2. The molecule has 16 aromatic carbocycles. The maximum Gasteiger partial charge on any atom is 0.137 e. The highest BCUT2D eigenvalue weighted by Crippen LogP contribution is 2.48. The molecule has 0 saturated heterocycles. The van der Waals surface area contributed by atoms with Gasteiger partial charge in [0.15, 0.2) is 0 Å². The number of hydrogen-bond acceptors (Lipinski definition) is 2. The van der Waals surface area contributed by atoms with Crippen LogP contribution in [-0.2, 0) is 10.8 Å². The van der Waals surface area contributed by atoms with Gasteiger partial charge in [-0.25, -0.2) is 0 Å². The highest BCUT2D eigenvalue weighted by atomic mass is 16.3. The van der Waals surface area contributed by atoms with Crippen molar-refractivity contribution in [2.75, 3.05) is 0 Å². The molecule has 3 heterocycles. The molecule has 0 unspecified atom stereocenters. The molecule has 97 heavy (non-hydrogen) atoms. The standard InChI is InChI=1S/C48H35NO.C46H34O/c1-48(2,3)32-23-20-30(21-24-32)46-38-14-4-6-16-40(38)47(41-17-7-5-15-39(41)46)31-22-26-36-37-27-25-33(29-45(37)50-44(36)28-31)49-42-18-10-8-12-34(42)35-13-9-11-19-43(35)49;1-46(2,3)33-23-19-30(20-24-33)44-38-14-6-8-16-40(38)45(41-17-9-7-15-39(41)44)32-22-26-37-36-25-21-31(27-42(36)47-43(37)28-32)35-18-10-12-29-11-4-5-13-34(29)35/h4-29H,1-3H3;4-28H,1-3H3. The van der Waals surface area contributed by atoms with Crippen LogP contribution in [0.4, 0.5) is 0 Å². The molecule has 0 aliphatic rings. The number of furan rings is 2. The van der Waals surface area contributed by atoms with Crippen LogP contribution in [0.3, 0.4) is 0 Å². The van der Waals surface area contributed by atoms with E-state index in [1.54, 1.807) is 0 Å². The molecule has 0 saturated carbocycles. The van der Waals surface area contributed by atoms with Crippen LogP contribution in [0, 0.1) is 0 Å². The Labute approximate surface area is 563 Å². The second-order valence-electron chi connectivity index (χ2n) is 28.3. The van der Waals surface area contributed by atoms with Gasteiger partial charge in [-0.1, -0.05) is 284 Å². The summed E-state index contributed by atoms with van der Waals surface area (Å²) < 4.78 is 15.7. The molecule has 3 nitrogen and oxygen atoms in total. The van der Waals surface area contributed by atoms with E-state index in [4.69, 9.17) is 8.83 Å². The topological polar surface area (TPSA) is 31.2 Å². The molecule has 3 aromatic heterocycles. The van der Waals surface area contributed by atoms with Crippen LogP contribution in [0.25, 0.3) is 181 Å². The Bertz CT molecular complexity index is 6200. The normalized spacial score (nSPS) is 12.2. The van der Waals surface area contributed by atoms with E-state index >= 15 is 0 Å². The van der Waals surface area contributed by atoms with E-state index in [2.05, 4.69) is 355 Å². The number of aromatic nitrogens is 1. The first kappa shape index (κ1) is 57.8. The van der Waals surface area contributed by atoms with E-state index in [1.807, 2.05) is 0 Å². The quantitative estimate of drug-likeness (QED) is 0.155. The fraction of sp³-hybridized carbons (Fsp3) is 0.0851. The summed E-state index contributed by atoms with van der Waals surface area (Å²) in [6, 6.07) is 113. The fourth-order valence-corrected chi connectivity index (χ4v) is 15.6. The highest BCUT2D eigenvalue weighted by Gasteiger charge is 2.23. The maximum absolute atomic E-state index is 6.72. The van der Waals surface area contributed by atoms with Gasteiger partial charge in [-0.2, -0.15) is 0 Å². The Kier molecular flexibility index (Phi) is 13.4. The van der Waals surface area contributed by atoms with Crippen molar-refractivity contribution in [1.82, 2.24) is 4.57 Å². The molecular formula is C94H69NO2. The van der Waals surface area contributed by atoms with Crippen molar-refractivity contribution >= 4 is 120 Å². The number of hydrogen-bond donors (Lipinski definition) is 0. The van der Waals surface area contributed by atoms with Gasteiger partial charge in [0.2, 0.25) is 0 Å². The van der Waals surface area contributed by atoms with Gasteiger partial charge in [0.25, 0.3) is 0 Å². The van der Waals surface area contributed by atoms with E-state index in [9.17, 15) is 0 Å². The van der Waals surface area contributed by atoms with Gasteiger partial charge in [-0.3, -0.25) is 0 Å². The largest absolute Gasteiger partial charge is 0.456 e. The molecule has 19 aromatic rings. The molecule has 0 aliphatic heterocycles. The fourth-order valence-electron chi connectivity index (χ4n) is 15.6. The van der Waals surface area contributed by atoms with Gasteiger partial charge >= 0.3 is 0 Å². The van der Waals surface area contributed by atoms with Gasteiger partial charge < -0.3 is 13.4 Å². The Morgan fingerprint density at radius 3 is 0.928 bits per heavy atom. The summed E-state index contributed by atoms with van der Waals surface area (Å²) in [5, 5.41) is 19.5. The van der Waals surface area contributed by atoms with Crippen LogP contribution in [0.5, 0.6) is 0 Å². The summed E-state index contributed by atoms with van der Waals surface area (Å²) >= 11 is 0. The molecule has 0 fully saturated rings. The van der Waals surface area contributed by atoms with Crippen LogP contribution in [0.1, 0.15) is 52.7 Å². The average molecular weight is 1240 g/mol. The van der Waals surface area contributed by atoms with Gasteiger partial charge in [0.1, 0.15) is 22.3 Å². The summed E-state index contributed by atoms with van der Waals surface area (Å²) in [4.78, 5) is 0. The van der Waals surface area contributed by atoms with E-state index < -0.39 is 0 Å². The van der Waals surface area contributed by atoms with Crippen molar-refractivity contribution in [1.29, 1.82) is 0 Å². The molecule has 0 bridgehead atoms. The number of benzene rings is 16. The molecule has 0 amide bonds. The summed E-state index contributed by atoms with van der Waals surface area (Å²) in [5.74, 6) is 0. The van der Waals surface area contributed by atoms with E-state index in [0.717, 1.165) is 66.3 Å². The zero-order valence-electron chi connectivity index (χ0n) is 55.2. The average Bonchev–Trinajstić information content (AvgIpc) is 1.39. The van der Waals surface area contributed by atoms with Crippen LogP contribution in [0.15, 0.2) is 318 Å². The van der Waals surface area contributed by atoms with Gasteiger partial charge in [0, 0.05) is 44.1 Å². The monoisotopic (exact) mass is 1240 g/mol. The second kappa shape index (κ2) is 22.4. The van der Waals surface area contributed by atoms with Crippen molar-refractivity contribution in [2.24, 2.45) is 0 Å². The first-order valence-corrected chi connectivity index (χ1v) is 33.9. The Balaban J connectivity index is 0.000000141. The lowest BCUT2D eigenvalue weighted by atomic mass is 9.83. The van der Waals surface area contributed by atoms with Crippen molar-refractivity contribution < 1.29 is 8.83 Å². The number of fused-ring (bicyclic) bond motifs is 14. The third kappa shape index (κ3) is 9.62. The summed E-state index contributed by atoms with van der Waals surface area (Å²) in [7, 11) is 0. The third-order valence-corrected chi connectivity index (χ3v) is 20.4. The third-order valence-electron chi connectivity index (χ3n) is 20.4. The van der Waals surface area contributed by atoms with Crippen LogP contribution < -0.4 is 0 Å². The smallest absolute Gasteiger partial charge is 0.137 e. The number of para-hydroxylation sites is 2. The van der Waals surface area contributed by atoms with Crippen molar-refractivity contribution in [3.8, 4) is 61.3 Å². The summed E-state index contributed by atoms with van der Waals surface area (Å²) in [5.41, 5.74) is 22.2. The lowest BCUT2D eigenvalue weighted by Crippen LogP contribution is -2.10. The molecule has 19 rings (SSSR count). The van der Waals surface area contributed by atoms with Crippen molar-refractivity contribution in [2.45, 2.75) is 52.4 Å². The molecule has 0 spiro atoms. The van der Waals surface area contributed by atoms with Crippen molar-refractivity contribution in [3.05, 3.63) is 321 Å². The molecular weight excluding hydrogens is 1180 g/mol. The predicted molar refractivity (Wildman–Crippen MR) is 414 cm³/mol. The summed E-state index contributed by atoms with van der Waals surface area (Å²) in [6.45, 7) is 13.6. The number of rotatable bonds is 6. The van der Waals surface area contributed by atoms with Gasteiger partial charge in [-0.05, 0) is 192 Å². The SMILES string of the molecule is CC(C)(C)c1ccc(-c2c3ccccc3c(-c3ccc4c(c3)oc3cc(-c5cccc6ccccc56)ccc34)c3ccccc23)cc1.CC(C)(C)c1ccc(-c2c3ccccc3c(-c3ccc4c(c3)oc3cc(-n5c6ccccc6c6ccccc65)ccc34)c3ccccc23)cc1. The van der Waals surface area contributed by atoms with Gasteiger partial charge in [0.05, 0.1) is 11.0 Å². The predicted octanol–water partition coefficient (Wildman–Crippen LogP) is 27.0. The minimum atomic E-state index is 0.106. The van der Waals surface area contributed by atoms with Gasteiger partial charge in [-0.15, -0.1) is 0 Å². The van der Waals surface area contributed by atoms with Crippen LogP contribution in [-0.4, -0.2) is 4.57 Å². The second-order valence-corrected chi connectivity index (χ2v) is 28.3. The molecule has 462 valence electrons. The molecule has 0 aliphatic carbocycles. The molecule has 0 radical (unpaired) electrons. The maximum atomic E-state index is 6.72. The first-order chi connectivity index (χ1) is 47.4. The van der Waals surface area contributed by atoms with Crippen molar-refractivity contribution in [3.63, 3.8) is 0 Å². The van der Waals surface area contributed by atoms with E-state index in [1.165, 1.54) is 126 Å². The first-order valence-electron chi connectivity index (χ1n) is 33.9. The minimum Gasteiger partial charge on any atom is -0.456 e. The van der Waals surface area contributed by atoms with Crippen LogP contribution >= 0.6 is 0 Å². The Morgan fingerprint density at radius 1 is 0.227 bits per heavy atom. The van der Waals surface area contributed by atoms with E-state index in [0.29, 0.717) is 0 Å². The number of nitrogens with zero attached hydrogens (tertiary/aromatic N) is 1. The Hall–Kier alpha value is -11.8. The zero-order chi connectivity index (χ0) is 65.3. The molecule has 0 N–H and O–H groups in total. The highest BCUT2D eigenvalue weighted by molar-refractivity contribution is 6.24. The molecule has 3 heteroatoms. The lowest BCUT2D eigenvalue weighted by Gasteiger charge is -2.21. The molecule has 0 atom stereocenters.